The Labute approximate surface area is 151 Å². The van der Waals surface area contributed by atoms with Crippen LogP contribution in [0.1, 0.15) is 48.0 Å². The minimum Gasteiger partial charge on any atom is -0.296 e. The SMILES string of the molecule is CC(C)c1nnc(NC(=O)c2cccc(S(=O)(=O)N3CCCC3)c2)s1. The van der Waals surface area contributed by atoms with Crippen LogP contribution >= 0.6 is 11.3 Å². The lowest BCUT2D eigenvalue weighted by molar-refractivity contribution is 0.102. The van der Waals surface area contributed by atoms with Crippen LogP contribution in [0.4, 0.5) is 5.13 Å². The van der Waals surface area contributed by atoms with Gasteiger partial charge in [0.05, 0.1) is 4.90 Å². The first-order valence-electron chi connectivity index (χ1n) is 8.13. The zero-order chi connectivity index (χ0) is 18.0. The molecule has 0 radical (unpaired) electrons. The summed E-state index contributed by atoms with van der Waals surface area (Å²) in [4.78, 5) is 12.6. The third-order valence-corrected chi connectivity index (χ3v) is 6.99. The molecule has 25 heavy (non-hydrogen) atoms. The van der Waals surface area contributed by atoms with E-state index in [1.54, 1.807) is 12.1 Å². The molecule has 0 saturated carbocycles. The summed E-state index contributed by atoms with van der Waals surface area (Å²) in [7, 11) is -3.55. The van der Waals surface area contributed by atoms with Gasteiger partial charge in [0.1, 0.15) is 5.01 Å². The molecule has 0 unspecified atom stereocenters. The van der Waals surface area contributed by atoms with Gasteiger partial charge in [0.15, 0.2) is 0 Å². The lowest BCUT2D eigenvalue weighted by Gasteiger charge is -2.15. The number of carbonyl (C=O) groups excluding carboxylic acids is 1. The molecule has 0 aliphatic carbocycles. The number of nitrogens with one attached hydrogen (secondary N) is 1. The fraction of sp³-hybridized carbons (Fsp3) is 0.438. The molecule has 7 nitrogen and oxygen atoms in total. The van der Waals surface area contributed by atoms with Crippen molar-refractivity contribution in [1.82, 2.24) is 14.5 Å². The van der Waals surface area contributed by atoms with Crippen molar-refractivity contribution < 1.29 is 13.2 Å². The zero-order valence-electron chi connectivity index (χ0n) is 14.1. The first kappa shape index (κ1) is 18.0. The summed E-state index contributed by atoms with van der Waals surface area (Å²) in [5.74, 6) is -0.165. The van der Waals surface area contributed by atoms with E-state index in [0.29, 0.717) is 18.2 Å². The molecule has 1 saturated heterocycles. The van der Waals surface area contributed by atoms with Crippen LogP contribution in [0.5, 0.6) is 0 Å². The maximum atomic E-state index is 12.6. The number of sulfonamides is 1. The number of aromatic nitrogens is 2. The summed E-state index contributed by atoms with van der Waals surface area (Å²) in [5, 5.41) is 11.9. The van der Waals surface area contributed by atoms with Crippen molar-refractivity contribution in [2.75, 3.05) is 18.4 Å². The van der Waals surface area contributed by atoms with E-state index in [1.165, 1.54) is 27.8 Å². The van der Waals surface area contributed by atoms with Crippen molar-refractivity contribution in [3.8, 4) is 0 Å². The molecule has 2 heterocycles. The zero-order valence-corrected chi connectivity index (χ0v) is 15.7. The van der Waals surface area contributed by atoms with Crippen molar-refractivity contribution in [2.45, 2.75) is 37.5 Å². The molecular weight excluding hydrogens is 360 g/mol. The average Bonchev–Trinajstić information content (AvgIpc) is 3.27. The Bertz CT molecular complexity index is 871. The molecule has 1 aliphatic rings. The predicted molar refractivity (Wildman–Crippen MR) is 96.4 cm³/mol. The maximum absolute atomic E-state index is 12.6. The molecule has 134 valence electrons. The second kappa shape index (κ2) is 7.19. The van der Waals surface area contributed by atoms with Crippen LogP contribution in [0.15, 0.2) is 29.2 Å². The van der Waals surface area contributed by atoms with Crippen LogP contribution < -0.4 is 5.32 Å². The highest BCUT2D eigenvalue weighted by molar-refractivity contribution is 7.89. The molecule has 1 aliphatic heterocycles. The number of nitrogens with zero attached hydrogens (tertiary/aromatic N) is 3. The van der Waals surface area contributed by atoms with Gasteiger partial charge >= 0.3 is 0 Å². The third kappa shape index (κ3) is 3.88. The lowest BCUT2D eigenvalue weighted by atomic mass is 10.2. The fourth-order valence-corrected chi connectivity index (χ4v) is 4.87. The van der Waals surface area contributed by atoms with Gasteiger partial charge in [0.25, 0.3) is 5.91 Å². The summed E-state index contributed by atoms with van der Waals surface area (Å²) in [5.41, 5.74) is 0.279. The second-order valence-electron chi connectivity index (χ2n) is 6.19. The van der Waals surface area contributed by atoms with Crippen molar-refractivity contribution in [3.63, 3.8) is 0 Å². The largest absolute Gasteiger partial charge is 0.296 e. The summed E-state index contributed by atoms with van der Waals surface area (Å²) < 4.78 is 26.7. The highest BCUT2D eigenvalue weighted by Crippen LogP contribution is 2.24. The topological polar surface area (TPSA) is 92.3 Å². The monoisotopic (exact) mass is 380 g/mol. The predicted octanol–water partition coefficient (Wildman–Crippen LogP) is 2.70. The molecule has 0 atom stereocenters. The van der Waals surface area contributed by atoms with Gasteiger partial charge in [-0.2, -0.15) is 4.31 Å². The van der Waals surface area contributed by atoms with Crippen molar-refractivity contribution in [2.24, 2.45) is 0 Å². The van der Waals surface area contributed by atoms with Gasteiger partial charge in [-0.05, 0) is 31.0 Å². The number of benzene rings is 1. The van der Waals surface area contributed by atoms with Gasteiger partial charge in [-0.1, -0.05) is 31.3 Å². The fourth-order valence-electron chi connectivity index (χ4n) is 2.56. The quantitative estimate of drug-likeness (QED) is 0.861. The number of amides is 1. The van der Waals surface area contributed by atoms with Crippen molar-refractivity contribution in [1.29, 1.82) is 0 Å². The molecule has 9 heteroatoms. The first-order valence-corrected chi connectivity index (χ1v) is 10.4. The molecule has 1 aromatic heterocycles. The Kier molecular flexibility index (Phi) is 5.16. The summed E-state index contributed by atoms with van der Waals surface area (Å²) in [6, 6.07) is 6.10. The van der Waals surface area contributed by atoms with E-state index in [9.17, 15) is 13.2 Å². The van der Waals surface area contributed by atoms with Gasteiger partial charge in [-0.15, -0.1) is 10.2 Å². The highest BCUT2D eigenvalue weighted by Gasteiger charge is 2.27. The molecule has 0 spiro atoms. The second-order valence-corrected chi connectivity index (χ2v) is 9.14. The Morgan fingerprint density at radius 3 is 2.60 bits per heavy atom. The minimum absolute atomic E-state index is 0.141. The van der Waals surface area contributed by atoms with E-state index in [1.807, 2.05) is 13.8 Å². The lowest BCUT2D eigenvalue weighted by Crippen LogP contribution is -2.28. The van der Waals surface area contributed by atoms with Gasteiger partial charge in [-0.25, -0.2) is 8.42 Å². The van der Waals surface area contributed by atoms with Crippen LogP contribution in [-0.2, 0) is 10.0 Å². The Morgan fingerprint density at radius 2 is 1.96 bits per heavy atom. The van der Waals surface area contributed by atoms with Gasteiger partial charge in [-0.3, -0.25) is 10.1 Å². The van der Waals surface area contributed by atoms with Gasteiger partial charge < -0.3 is 0 Å². The standard InChI is InChI=1S/C16H20N4O3S2/c1-11(2)15-18-19-16(24-15)17-14(21)12-6-5-7-13(10-12)25(22,23)20-8-3-4-9-20/h5-7,10-11H,3-4,8-9H2,1-2H3,(H,17,19,21). The molecule has 1 amide bonds. The average molecular weight is 380 g/mol. The number of rotatable bonds is 5. The number of hydrogen-bond acceptors (Lipinski definition) is 6. The molecule has 3 rings (SSSR count). The van der Waals surface area contributed by atoms with E-state index in [0.717, 1.165) is 17.8 Å². The highest BCUT2D eigenvalue weighted by atomic mass is 32.2. The summed E-state index contributed by atoms with van der Waals surface area (Å²) in [6.07, 6.45) is 1.74. The van der Waals surface area contributed by atoms with E-state index in [-0.39, 0.29) is 16.4 Å². The van der Waals surface area contributed by atoms with Crippen LogP contribution in [0, 0.1) is 0 Å². The molecule has 1 aromatic carbocycles. The number of anilines is 1. The molecule has 0 bridgehead atoms. The van der Waals surface area contributed by atoms with E-state index in [4.69, 9.17) is 0 Å². The van der Waals surface area contributed by atoms with E-state index >= 15 is 0 Å². The van der Waals surface area contributed by atoms with Crippen molar-refractivity contribution in [3.05, 3.63) is 34.8 Å². The van der Waals surface area contributed by atoms with Gasteiger partial charge in [0.2, 0.25) is 15.2 Å². The smallest absolute Gasteiger partial charge is 0.257 e. The first-order chi connectivity index (χ1) is 11.9. The molecular formula is C16H20N4O3S2. The van der Waals surface area contributed by atoms with Crippen molar-refractivity contribution >= 4 is 32.4 Å². The van der Waals surface area contributed by atoms with E-state index < -0.39 is 15.9 Å². The minimum atomic E-state index is -3.55. The maximum Gasteiger partial charge on any atom is 0.257 e. The molecule has 1 fully saturated rings. The molecule has 1 N–H and O–H groups in total. The number of carbonyl (C=O) groups is 1. The number of hydrogen-bond donors (Lipinski definition) is 1. The Morgan fingerprint density at radius 1 is 1.24 bits per heavy atom. The van der Waals surface area contributed by atoms with Crippen LogP contribution in [-0.4, -0.2) is 41.9 Å². The van der Waals surface area contributed by atoms with Crippen LogP contribution in [0.3, 0.4) is 0 Å². The van der Waals surface area contributed by atoms with Crippen LogP contribution in [0.2, 0.25) is 0 Å². The normalized spacial score (nSPS) is 15.6. The Balaban J connectivity index is 1.79. The summed E-state index contributed by atoms with van der Waals surface area (Å²) in [6.45, 7) is 5.06. The third-order valence-electron chi connectivity index (χ3n) is 3.95. The van der Waals surface area contributed by atoms with Gasteiger partial charge in [0, 0.05) is 24.6 Å². The van der Waals surface area contributed by atoms with E-state index in [2.05, 4.69) is 15.5 Å². The van der Waals surface area contributed by atoms with Crippen LogP contribution in [0.25, 0.3) is 0 Å². The summed E-state index contributed by atoms with van der Waals surface area (Å²) >= 11 is 1.31. The molecule has 2 aromatic rings. The Hall–Kier alpha value is -1.84.